The van der Waals surface area contributed by atoms with E-state index in [9.17, 15) is 0 Å². The minimum absolute atomic E-state index is 0.520. The first-order chi connectivity index (χ1) is 7.18. The lowest BCUT2D eigenvalue weighted by atomic mass is 10.2. The first kappa shape index (κ1) is 10.9. The minimum Gasteiger partial charge on any atom is -0.351 e. The molecular formula is C11H16BrN3. The van der Waals surface area contributed by atoms with Crippen LogP contribution in [0.2, 0.25) is 0 Å². The van der Waals surface area contributed by atoms with E-state index in [1.54, 1.807) is 0 Å². The van der Waals surface area contributed by atoms with Crippen LogP contribution in [0.3, 0.4) is 0 Å². The zero-order chi connectivity index (χ0) is 10.8. The van der Waals surface area contributed by atoms with Crippen molar-refractivity contribution in [1.29, 1.82) is 0 Å². The third-order valence-electron chi connectivity index (χ3n) is 2.83. The second-order valence-corrected chi connectivity index (χ2v) is 4.89. The van der Waals surface area contributed by atoms with E-state index in [0.29, 0.717) is 6.04 Å². The van der Waals surface area contributed by atoms with E-state index in [4.69, 9.17) is 0 Å². The summed E-state index contributed by atoms with van der Waals surface area (Å²) >= 11 is 3.48. The van der Waals surface area contributed by atoms with Crippen molar-refractivity contribution in [2.75, 3.05) is 24.5 Å². The van der Waals surface area contributed by atoms with Gasteiger partial charge in [0.25, 0.3) is 0 Å². The number of nitrogens with zero attached hydrogens (tertiary/aromatic N) is 2. The van der Waals surface area contributed by atoms with Crippen LogP contribution in [0.15, 0.2) is 16.7 Å². The molecular weight excluding hydrogens is 254 g/mol. The van der Waals surface area contributed by atoms with E-state index in [-0.39, 0.29) is 0 Å². The van der Waals surface area contributed by atoms with Gasteiger partial charge in [-0.05, 0) is 41.4 Å². The van der Waals surface area contributed by atoms with Gasteiger partial charge in [-0.3, -0.25) is 0 Å². The molecule has 2 heterocycles. The average molecular weight is 270 g/mol. The quantitative estimate of drug-likeness (QED) is 0.845. The summed E-state index contributed by atoms with van der Waals surface area (Å²) < 4.78 is 1.08. The van der Waals surface area contributed by atoms with Gasteiger partial charge in [-0.2, -0.15) is 0 Å². The highest BCUT2D eigenvalue weighted by atomic mass is 79.9. The fourth-order valence-electron chi connectivity index (χ4n) is 1.86. The Bertz CT molecular complexity index is 354. The van der Waals surface area contributed by atoms with Crippen LogP contribution in [-0.2, 0) is 0 Å². The summed E-state index contributed by atoms with van der Waals surface area (Å²) in [5.41, 5.74) is 1.24. The summed E-state index contributed by atoms with van der Waals surface area (Å²) in [6.45, 7) is 7.44. The molecule has 0 spiro atoms. The van der Waals surface area contributed by atoms with Crippen LogP contribution in [0, 0.1) is 6.92 Å². The summed E-state index contributed by atoms with van der Waals surface area (Å²) in [6, 6.07) is 2.66. The Morgan fingerprint density at radius 3 is 3.07 bits per heavy atom. The first-order valence-electron chi connectivity index (χ1n) is 5.28. The number of nitrogens with one attached hydrogen (secondary N) is 1. The number of aryl methyl sites for hydroxylation is 1. The lowest BCUT2D eigenvalue weighted by Gasteiger charge is -2.35. The van der Waals surface area contributed by atoms with Crippen LogP contribution >= 0.6 is 15.9 Å². The summed E-state index contributed by atoms with van der Waals surface area (Å²) in [4.78, 5) is 6.82. The topological polar surface area (TPSA) is 28.2 Å². The van der Waals surface area contributed by atoms with Crippen LogP contribution in [0.5, 0.6) is 0 Å². The highest BCUT2D eigenvalue weighted by Crippen LogP contribution is 2.21. The molecule has 1 fully saturated rings. The molecule has 1 aromatic heterocycles. The number of hydrogen-bond acceptors (Lipinski definition) is 3. The predicted molar refractivity (Wildman–Crippen MR) is 66.4 cm³/mol. The summed E-state index contributed by atoms with van der Waals surface area (Å²) in [5, 5.41) is 3.38. The van der Waals surface area contributed by atoms with Crippen molar-refractivity contribution >= 4 is 21.7 Å². The fourth-order valence-corrected chi connectivity index (χ4v) is 2.08. The Hall–Kier alpha value is -0.610. The maximum Gasteiger partial charge on any atom is 0.129 e. The highest BCUT2D eigenvalue weighted by Gasteiger charge is 2.19. The van der Waals surface area contributed by atoms with Crippen LogP contribution in [-0.4, -0.2) is 30.7 Å². The van der Waals surface area contributed by atoms with Crippen molar-refractivity contribution in [2.24, 2.45) is 0 Å². The Balaban J connectivity index is 2.24. The molecule has 0 saturated carbocycles. The first-order valence-corrected chi connectivity index (χ1v) is 6.07. The molecule has 0 radical (unpaired) electrons. The molecule has 0 aliphatic carbocycles. The van der Waals surface area contributed by atoms with Crippen molar-refractivity contribution in [3.05, 3.63) is 22.3 Å². The van der Waals surface area contributed by atoms with Crippen LogP contribution in [0.4, 0.5) is 5.82 Å². The zero-order valence-corrected chi connectivity index (χ0v) is 10.7. The molecule has 3 nitrogen and oxygen atoms in total. The van der Waals surface area contributed by atoms with Crippen LogP contribution in [0.25, 0.3) is 0 Å². The van der Waals surface area contributed by atoms with Gasteiger partial charge in [0.15, 0.2) is 0 Å². The van der Waals surface area contributed by atoms with Gasteiger partial charge in [0.05, 0.1) is 0 Å². The van der Waals surface area contributed by atoms with Crippen LogP contribution in [0.1, 0.15) is 12.5 Å². The van der Waals surface area contributed by atoms with E-state index in [1.807, 2.05) is 6.20 Å². The molecule has 0 bridgehead atoms. The van der Waals surface area contributed by atoms with Crippen molar-refractivity contribution < 1.29 is 0 Å². The monoisotopic (exact) mass is 269 g/mol. The number of aromatic nitrogens is 1. The predicted octanol–water partition coefficient (Wildman–Crippen LogP) is 1.95. The van der Waals surface area contributed by atoms with Gasteiger partial charge >= 0.3 is 0 Å². The normalized spacial score (nSPS) is 21.8. The summed E-state index contributed by atoms with van der Waals surface area (Å²) in [5.74, 6) is 1.09. The van der Waals surface area contributed by atoms with Gasteiger partial charge in [0.2, 0.25) is 0 Å². The second kappa shape index (κ2) is 4.49. The molecule has 1 aliphatic heterocycles. The van der Waals surface area contributed by atoms with E-state index < -0.39 is 0 Å². The Kier molecular flexibility index (Phi) is 3.26. The lowest BCUT2D eigenvalue weighted by molar-refractivity contribution is 0.497. The van der Waals surface area contributed by atoms with Gasteiger partial charge < -0.3 is 10.2 Å². The molecule has 1 unspecified atom stereocenters. The molecule has 82 valence electrons. The van der Waals surface area contributed by atoms with Gasteiger partial charge in [-0.15, -0.1) is 0 Å². The van der Waals surface area contributed by atoms with Gasteiger partial charge in [-0.1, -0.05) is 0 Å². The lowest BCUT2D eigenvalue weighted by Crippen LogP contribution is -2.50. The fraction of sp³-hybridized carbons (Fsp3) is 0.545. The number of pyridine rings is 1. The standard InChI is InChI=1S/C11H16BrN3/c1-8-5-11(14-7-10(8)12)15-4-3-13-6-9(15)2/h5,7,9,13H,3-4,6H2,1-2H3. The van der Waals surface area contributed by atoms with Crippen molar-refractivity contribution in [1.82, 2.24) is 10.3 Å². The maximum absolute atomic E-state index is 4.46. The van der Waals surface area contributed by atoms with Crippen molar-refractivity contribution in [3.63, 3.8) is 0 Å². The van der Waals surface area contributed by atoms with Crippen molar-refractivity contribution in [2.45, 2.75) is 19.9 Å². The van der Waals surface area contributed by atoms with Gasteiger partial charge in [-0.25, -0.2) is 4.98 Å². The SMILES string of the molecule is Cc1cc(N2CCNCC2C)ncc1Br. The van der Waals surface area contributed by atoms with E-state index in [0.717, 1.165) is 29.9 Å². The summed E-state index contributed by atoms with van der Waals surface area (Å²) in [6.07, 6.45) is 1.89. The molecule has 15 heavy (non-hydrogen) atoms. The molecule has 1 aliphatic rings. The maximum atomic E-state index is 4.46. The largest absolute Gasteiger partial charge is 0.351 e. The zero-order valence-electron chi connectivity index (χ0n) is 9.13. The molecule has 1 aromatic rings. The third kappa shape index (κ3) is 2.32. The van der Waals surface area contributed by atoms with Crippen molar-refractivity contribution in [3.8, 4) is 0 Å². The molecule has 1 N–H and O–H groups in total. The Labute approximate surface area is 99.0 Å². The number of rotatable bonds is 1. The molecule has 4 heteroatoms. The van der Waals surface area contributed by atoms with E-state index >= 15 is 0 Å². The Morgan fingerprint density at radius 2 is 2.40 bits per heavy atom. The number of halogens is 1. The molecule has 0 amide bonds. The molecule has 0 aromatic carbocycles. The molecule has 2 rings (SSSR count). The Morgan fingerprint density at radius 1 is 1.60 bits per heavy atom. The average Bonchev–Trinajstić information content (AvgIpc) is 2.23. The van der Waals surface area contributed by atoms with E-state index in [2.05, 4.69) is 51.0 Å². The smallest absolute Gasteiger partial charge is 0.129 e. The summed E-state index contributed by atoms with van der Waals surface area (Å²) in [7, 11) is 0. The van der Waals surface area contributed by atoms with Crippen LogP contribution < -0.4 is 10.2 Å². The highest BCUT2D eigenvalue weighted by molar-refractivity contribution is 9.10. The third-order valence-corrected chi connectivity index (χ3v) is 3.66. The van der Waals surface area contributed by atoms with Gasteiger partial charge in [0.1, 0.15) is 5.82 Å². The van der Waals surface area contributed by atoms with E-state index in [1.165, 1.54) is 5.56 Å². The number of anilines is 1. The molecule has 1 saturated heterocycles. The minimum atomic E-state index is 0.520. The second-order valence-electron chi connectivity index (χ2n) is 4.04. The van der Waals surface area contributed by atoms with Gasteiger partial charge in [0, 0.05) is 36.3 Å². The number of piperazine rings is 1. The number of hydrogen-bond donors (Lipinski definition) is 1. The molecule has 1 atom stereocenters.